The number of amides is 2. The van der Waals surface area contributed by atoms with Gasteiger partial charge in [-0.1, -0.05) is 11.3 Å². The van der Waals surface area contributed by atoms with Crippen molar-refractivity contribution in [2.75, 3.05) is 24.1 Å². The largest absolute Gasteiger partial charge is 0.497 e. The topological polar surface area (TPSA) is 83.8 Å². The summed E-state index contributed by atoms with van der Waals surface area (Å²) in [5, 5.41) is 9.53. The standard InChI is InChI=1S/C18H16N4O4/c1-25-13-8-6-11(7-9-13)21-17(23)15-16(18(21)24)22(20-19-15)12-4-3-5-14(10-12)26-2/h3-10,15-16H,1-2H3/t15-,16+/m0/s1. The molecule has 8 heteroatoms. The lowest BCUT2D eigenvalue weighted by molar-refractivity contribution is -0.121. The van der Waals surface area contributed by atoms with Crippen LogP contribution in [0.15, 0.2) is 58.9 Å². The van der Waals surface area contributed by atoms with E-state index in [1.807, 2.05) is 0 Å². The molecule has 2 amide bonds. The number of imide groups is 1. The van der Waals surface area contributed by atoms with E-state index in [4.69, 9.17) is 9.47 Å². The van der Waals surface area contributed by atoms with Crippen LogP contribution in [0.4, 0.5) is 11.4 Å². The molecule has 1 saturated heterocycles. The molecule has 0 unspecified atom stereocenters. The Balaban J connectivity index is 1.66. The molecule has 2 heterocycles. The molecule has 0 N–H and O–H groups in total. The number of methoxy groups -OCH3 is 2. The molecule has 2 aromatic rings. The number of anilines is 2. The third-order valence-corrected chi connectivity index (χ3v) is 4.43. The van der Waals surface area contributed by atoms with Crippen molar-refractivity contribution in [3.63, 3.8) is 0 Å². The molecule has 1 fully saturated rings. The van der Waals surface area contributed by atoms with Crippen molar-refractivity contribution >= 4 is 23.2 Å². The minimum absolute atomic E-state index is 0.363. The molecule has 8 nitrogen and oxygen atoms in total. The molecular formula is C18H16N4O4. The molecule has 4 rings (SSSR count). The summed E-state index contributed by atoms with van der Waals surface area (Å²) in [7, 11) is 3.11. The molecule has 2 aliphatic rings. The molecule has 0 aromatic heterocycles. The monoisotopic (exact) mass is 352 g/mol. The van der Waals surface area contributed by atoms with E-state index in [1.54, 1.807) is 62.8 Å². The lowest BCUT2D eigenvalue weighted by atomic mass is 10.1. The summed E-state index contributed by atoms with van der Waals surface area (Å²) in [4.78, 5) is 26.8. The van der Waals surface area contributed by atoms with E-state index < -0.39 is 12.1 Å². The molecule has 0 bridgehead atoms. The number of hydrogen-bond donors (Lipinski definition) is 0. The second-order valence-corrected chi connectivity index (χ2v) is 5.85. The van der Waals surface area contributed by atoms with Gasteiger partial charge >= 0.3 is 0 Å². The maximum Gasteiger partial charge on any atom is 0.263 e. The van der Waals surface area contributed by atoms with Gasteiger partial charge in [0.05, 0.1) is 25.6 Å². The molecule has 26 heavy (non-hydrogen) atoms. The van der Waals surface area contributed by atoms with Crippen molar-refractivity contribution in [3.05, 3.63) is 48.5 Å². The highest BCUT2D eigenvalue weighted by molar-refractivity contribution is 6.26. The number of nitrogens with zero attached hydrogens (tertiary/aromatic N) is 4. The van der Waals surface area contributed by atoms with Crippen molar-refractivity contribution in [2.45, 2.75) is 12.1 Å². The predicted molar refractivity (Wildman–Crippen MR) is 93.4 cm³/mol. The Morgan fingerprint density at radius 2 is 1.62 bits per heavy atom. The van der Waals surface area contributed by atoms with Crippen LogP contribution in [-0.4, -0.2) is 38.1 Å². The van der Waals surface area contributed by atoms with Crippen LogP contribution >= 0.6 is 0 Å². The third kappa shape index (κ3) is 2.38. The van der Waals surface area contributed by atoms with E-state index in [9.17, 15) is 9.59 Å². The molecular weight excluding hydrogens is 336 g/mol. The maximum atomic E-state index is 13.0. The highest BCUT2D eigenvalue weighted by atomic mass is 16.5. The van der Waals surface area contributed by atoms with Gasteiger partial charge in [0, 0.05) is 6.07 Å². The fourth-order valence-electron chi connectivity index (χ4n) is 3.11. The second kappa shape index (κ2) is 6.14. The zero-order valence-corrected chi connectivity index (χ0v) is 14.2. The number of hydrogen-bond acceptors (Lipinski definition) is 7. The van der Waals surface area contributed by atoms with Gasteiger partial charge in [-0.3, -0.25) is 9.59 Å². The maximum absolute atomic E-state index is 13.0. The van der Waals surface area contributed by atoms with Gasteiger partial charge in [0.25, 0.3) is 11.8 Å². The van der Waals surface area contributed by atoms with E-state index >= 15 is 0 Å². The van der Waals surface area contributed by atoms with E-state index in [0.717, 1.165) is 4.90 Å². The van der Waals surface area contributed by atoms with E-state index in [-0.39, 0.29) is 11.8 Å². The summed E-state index contributed by atoms with van der Waals surface area (Å²) < 4.78 is 10.3. The van der Waals surface area contributed by atoms with Crippen LogP contribution in [0.1, 0.15) is 0 Å². The molecule has 0 aliphatic carbocycles. The van der Waals surface area contributed by atoms with E-state index in [0.29, 0.717) is 22.9 Å². The van der Waals surface area contributed by atoms with Crippen LogP contribution in [0.25, 0.3) is 0 Å². The van der Waals surface area contributed by atoms with Crippen molar-refractivity contribution < 1.29 is 19.1 Å². The zero-order valence-electron chi connectivity index (χ0n) is 14.2. The van der Waals surface area contributed by atoms with Gasteiger partial charge in [-0.15, -0.1) is 0 Å². The number of carbonyl (C=O) groups excluding carboxylic acids is 2. The molecule has 0 spiro atoms. The summed E-state index contributed by atoms with van der Waals surface area (Å²) in [6.07, 6.45) is 0. The van der Waals surface area contributed by atoms with Gasteiger partial charge in [-0.25, -0.2) is 9.91 Å². The van der Waals surface area contributed by atoms with E-state index in [2.05, 4.69) is 10.3 Å². The second-order valence-electron chi connectivity index (χ2n) is 5.85. The Labute approximate surface area is 149 Å². The Hall–Kier alpha value is -3.42. The first-order valence-corrected chi connectivity index (χ1v) is 8.00. The number of benzene rings is 2. The van der Waals surface area contributed by atoms with Gasteiger partial charge < -0.3 is 9.47 Å². The van der Waals surface area contributed by atoms with Gasteiger partial charge in [0.2, 0.25) is 0 Å². The van der Waals surface area contributed by atoms with Crippen LogP contribution in [0, 0.1) is 0 Å². The first kappa shape index (κ1) is 16.1. The summed E-state index contributed by atoms with van der Waals surface area (Å²) in [5.74, 6) is 0.521. The molecule has 0 radical (unpaired) electrons. The van der Waals surface area contributed by atoms with Crippen LogP contribution in [0.5, 0.6) is 11.5 Å². The molecule has 132 valence electrons. The normalized spacial score (nSPS) is 21.3. The zero-order chi connectivity index (χ0) is 18.3. The molecule has 2 atom stereocenters. The Morgan fingerprint density at radius 3 is 2.31 bits per heavy atom. The number of rotatable bonds is 4. The Bertz CT molecular complexity index is 896. The lowest BCUT2D eigenvalue weighted by Crippen LogP contribution is -2.39. The number of fused-ring (bicyclic) bond motifs is 1. The smallest absolute Gasteiger partial charge is 0.263 e. The first-order valence-electron chi connectivity index (χ1n) is 8.00. The molecule has 2 aromatic carbocycles. The van der Waals surface area contributed by atoms with Crippen LogP contribution in [0.3, 0.4) is 0 Å². The Kier molecular flexibility index (Phi) is 3.80. The third-order valence-electron chi connectivity index (χ3n) is 4.43. The summed E-state index contributed by atoms with van der Waals surface area (Å²) in [6, 6.07) is 12.2. The lowest BCUT2D eigenvalue weighted by Gasteiger charge is -2.21. The summed E-state index contributed by atoms with van der Waals surface area (Å²) in [5.41, 5.74) is 1.12. The summed E-state index contributed by atoms with van der Waals surface area (Å²) in [6.45, 7) is 0. The van der Waals surface area contributed by atoms with Crippen molar-refractivity contribution in [2.24, 2.45) is 10.3 Å². The first-order chi connectivity index (χ1) is 12.6. The quantitative estimate of drug-likeness (QED) is 0.788. The highest BCUT2D eigenvalue weighted by Crippen LogP contribution is 2.36. The number of ether oxygens (including phenoxy) is 2. The molecule has 0 saturated carbocycles. The van der Waals surface area contributed by atoms with Gasteiger partial charge in [0.1, 0.15) is 11.5 Å². The number of carbonyl (C=O) groups is 2. The predicted octanol–water partition coefficient (Wildman–Crippen LogP) is 2.20. The average Bonchev–Trinajstić information content (AvgIpc) is 3.22. The van der Waals surface area contributed by atoms with Crippen LogP contribution < -0.4 is 19.4 Å². The van der Waals surface area contributed by atoms with Crippen molar-refractivity contribution in [3.8, 4) is 11.5 Å². The average molecular weight is 352 g/mol. The Morgan fingerprint density at radius 1 is 0.885 bits per heavy atom. The fraction of sp³-hybridized carbons (Fsp3) is 0.222. The van der Waals surface area contributed by atoms with E-state index in [1.165, 1.54) is 5.01 Å². The fourth-order valence-corrected chi connectivity index (χ4v) is 3.11. The van der Waals surface area contributed by atoms with Gasteiger partial charge in [-0.05, 0) is 36.4 Å². The molecule has 2 aliphatic heterocycles. The van der Waals surface area contributed by atoms with Crippen LogP contribution in [0.2, 0.25) is 0 Å². The van der Waals surface area contributed by atoms with Crippen molar-refractivity contribution in [1.82, 2.24) is 0 Å². The minimum atomic E-state index is -0.851. The van der Waals surface area contributed by atoms with Gasteiger partial charge in [0.15, 0.2) is 12.1 Å². The SMILES string of the molecule is COc1ccc(N2C(=O)[C@H]3N=NN(c4cccc(OC)c4)[C@H]3C2=O)cc1. The van der Waals surface area contributed by atoms with Gasteiger partial charge in [-0.2, -0.15) is 5.11 Å². The summed E-state index contributed by atoms with van der Waals surface area (Å²) >= 11 is 0. The van der Waals surface area contributed by atoms with Crippen LogP contribution in [-0.2, 0) is 9.59 Å². The van der Waals surface area contributed by atoms with Crippen molar-refractivity contribution in [1.29, 1.82) is 0 Å². The minimum Gasteiger partial charge on any atom is -0.497 e. The highest BCUT2D eigenvalue weighted by Gasteiger charge is 2.55.